The summed E-state index contributed by atoms with van der Waals surface area (Å²) in [7, 11) is 0. The number of aliphatic hydroxyl groups is 1. The van der Waals surface area contributed by atoms with Gasteiger partial charge in [0, 0.05) is 19.2 Å². The van der Waals surface area contributed by atoms with Crippen LogP contribution >= 0.6 is 11.3 Å². The molecule has 0 bridgehead atoms. The third-order valence-electron chi connectivity index (χ3n) is 2.98. The Morgan fingerprint density at radius 2 is 2.53 bits per heavy atom. The van der Waals surface area contributed by atoms with Gasteiger partial charge in [-0.1, -0.05) is 0 Å². The fourth-order valence-corrected chi connectivity index (χ4v) is 3.02. The molecule has 0 aromatic carbocycles. The normalized spacial score (nSPS) is 19.8. The molecule has 0 spiro atoms. The Morgan fingerprint density at radius 1 is 1.71 bits per heavy atom. The van der Waals surface area contributed by atoms with Crippen molar-refractivity contribution in [3.8, 4) is 0 Å². The molecule has 2 heterocycles. The van der Waals surface area contributed by atoms with Crippen LogP contribution in [0.25, 0.3) is 0 Å². The number of aromatic nitrogens is 1. The lowest BCUT2D eigenvalue weighted by Gasteiger charge is -2.23. The summed E-state index contributed by atoms with van der Waals surface area (Å²) >= 11 is 1.13. The molecule has 7 heteroatoms. The van der Waals surface area contributed by atoms with Crippen molar-refractivity contribution in [2.24, 2.45) is 0 Å². The molecule has 1 saturated heterocycles. The molecule has 0 aliphatic carbocycles. The number of nitrogens with zero attached hydrogens (tertiary/aromatic N) is 3. The van der Waals surface area contributed by atoms with Gasteiger partial charge in [0.2, 0.25) is 0 Å². The van der Waals surface area contributed by atoms with Crippen LogP contribution in [-0.4, -0.2) is 34.2 Å². The van der Waals surface area contributed by atoms with E-state index in [1.165, 1.54) is 6.20 Å². The van der Waals surface area contributed by atoms with Crippen LogP contribution < -0.4 is 4.90 Å². The average Bonchev–Trinajstić information content (AvgIpc) is 2.94. The van der Waals surface area contributed by atoms with Gasteiger partial charge in [-0.25, -0.2) is 4.98 Å². The minimum Gasteiger partial charge on any atom is -0.396 e. The van der Waals surface area contributed by atoms with Gasteiger partial charge in [0.25, 0.3) is 0 Å². The van der Waals surface area contributed by atoms with Crippen LogP contribution in [-0.2, 0) is 0 Å². The first kappa shape index (κ1) is 12.3. The molecular formula is C10H15N3O3S. The van der Waals surface area contributed by atoms with E-state index in [1.807, 2.05) is 0 Å². The minimum absolute atomic E-state index is 0.0906. The van der Waals surface area contributed by atoms with Crippen molar-refractivity contribution in [3.05, 3.63) is 16.3 Å². The summed E-state index contributed by atoms with van der Waals surface area (Å²) in [6, 6.07) is 0.368. The standard InChI is InChI=1S/C10H15N3O3S/c14-6-2-4-8-3-1-5-12(8)10-11-7-9(17-10)13(15)16/h7-8,14H,1-6H2. The summed E-state index contributed by atoms with van der Waals surface area (Å²) in [6.07, 6.45) is 5.18. The molecule has 2 rings (SSSR count). The van der Waals surface area contributed by atoms with Gasteiger partial charge in [-0.3, -0.25) is 10.1 Å². The minimum atomic E-state index is -0.403. The van der Waals surface area contributed by atoms with Crippen molar-refractivity contribution >= 4 is 21.5 Å². The van der Waals surface area contributed by atoms with E-state index in [1.54, 1.807) is 0 Å². The van der Waals surface area contributed by atoms with E-state index in [2.05, 4.69) is 9.88 Å². The number of nitro groups is 1. The first-order valence-corrected chi connectivity index (χ1v) is 6.51. The maximum absolute atomic E-state index is 10.6. The first-order valence-electron chi connectivity index (χ1n) is 5.70. The summed E-state index contributed by atoms with van der Waals surface area (Å²) in [6.45, 7) is 1.10. The number of anilines is 1. The molecule has 1 N–H and O–H groups in total. The van der Waals surface area contributed by atoms with Crippen LogP contribution in [0.15, 0.2) is 6.20 Å². The van der Waals surface area contributed by atoms with E-state index in [0.717, 1.165) is 48.7 Å². The number of aliphatic hydroxyl groups excluding tert-OH is 1. The summed E-state index contributed by atoms with van der Waals surface area (Å²) in [5.74, 6) is 0. The third-order valence-corrected chi connectivity index (χ3v) is 3.97. The molecule has 1 atom stereocenters. The van der Waals surface area contributed by atoms with E-state index in [9.17, 15) is 10.1 Å². The highest BCUT2D eigenvalue weighted by Crippen LogP contribution is 2.34. The van der Waals surface area contributed by atoms with Crippen LogP contribution in [0.5, 0.6) is 0 Å². The molecule has 6 nitrogen and oxygen atoms in total. The van der Waals surface area contributed by atoms with E-state index in [-0.39, 0.29) is 11.6 Å². The van der Waals surface area contributed by atoms with Crippen LogP contribution in [0.2, 0.25) is 0 Å². The summed E-state index contributed by atoms with van der Waals surface area (Å²) in [4.78, 5) is 16.5. The number of hydrogen-bond donors (Lipinski definition) is 1. The smallest absolute Gasteiger partial charge is 0.345 e. The third kappa shape index (κ3) is 2.73. The van der Waals surface area contributed by atoms with Gasteiger partial charge in [-0.05, 0) is 37.0 Å². The monoisotopic (exact) mass is 257 g/mol. The Hall–Kier alpha value is -1.21. The maximum atomic E-state index is 10.6. The van der Waals surface area contributed by atoms with Gasteiger partial charge in [-0.15, -0.1) is 0 Å². The summed E-state index contributed by atoms with van der Waals surface area (Å²) in [5, 5.41) is 20.3. The largest absolute Gasteiger partial charge is 0.396 e. The number of thiazole rings is 1. The van der Waals surface area contributed by atoms with Crippen LogP contribution in [0.4, 0.5) is 10.1 Å². The fourth-order valence-electron chi connectivity index (χ4n) is 2.19. The van der Waals surface area contributed by atoms with E-state index in [4.69, 9.17) is 5.11 Å². The second-order valence-electron chi connectivity index (χ2n) is 4.09. The van der Waals surface area contributed by atoms with Gasteiger partial charge in [0.15, 0.2) is 5.13 Å². The van der Waals surface area contributed by atoms with Crippen LogP contribution in [0, 0.1) is 10.1 Å². The zero-order valence-electron chi connectivity index (χ0n) is 9.41. The highest BCUT2D eigenvalue weighted by molar-refractivity contribution is 7.18. The van der Waals surface area contributed by atoms with Crippen molar-refractivity contribution < 1.29 is 10.0 Å². The Labute approximate surface area is 103 Å². The van der Waals surface area contributed by atoms with E-state index < -0.39 is 4.92 Å². The molecule has 1 fully saturated rings. The van der Waals surface area contributed by atoms with Gasteiger partial charge >= 0.3 is 5.00 Å². The molecule has 94 valence electrons. The summed E-state index contributed by atoms with van der Waals surface area (Å²) in [5.41, 5.74) is 0. The lowest BCUT2D eigenvalue weighted by Crippen LogP contribution is -2.29. The Morgan fingerprint density at radius 3 is 3.18 bits per heavy atom. The fraction of sp³-hybridized carbons (Fsp3) is 0.700. The van der Waals surface area contributed by atoms with E-state index >= 15 is 0 Å². The predicted molar refractivity (Wildman–Crippen MR) is 65.5 cm³/mol. The maximum Gasteiger partial charge on any atom is 0.345 e. The highest BCUT2D eigenvalue weighted by Gasteiger charge is 2.27. The van der Waals surface area contributed by atoms with Gasteiger partial charge in [0.05, 0.1) is 4.92 Å². The molecule has 0 radical (unpaired) electrons. The number of hydrogen-bond acceptors (Lipinski definition) is 6. The first-order chi connectivity index (χ1) is 8.22. The van der Waals surface area contributed by atoms with Crippen molar-refractivity contribution in [1.29, 1.82) is 0 Å². The quantitative estimate of drug-likeness (QED) is 0.642. The Kier molecular flexibility index (Phi) is 3.90. The molecule has 0 saturated carbocycles. The Balaban J connectivity index is 2.06. The average molecular weight is 257 g/mol. The van der Waals surface area contributed by atoms with E-state index in [0.29, 0.717) is 6.04 Å². The number of rotatable bonds is 5. The molecule has 1 aliphatic rings. The molecule has 1 unspecified atom stereocenters. The van der Waals surface area contributed by atoms with Gasteiger partial charge < -0.3 is 10.0 Å². The van der Waals surface area contributed by atoms with Crippen LogP contribution in [0.3, 0.4) is 0 Å². The predicted octanol–water partition coefficient (Wildman–Crippen LogP) is 1.79. The van der Waals surface area contributed by atoms with Crippen molar-refractivity contribution in [1.82, 2.24) is 4.98 Å². The van der Waals surface area contributed by atoms with Crippen molar-refractivity contribution in [2.75, 3.05) is 18.1 Å². The summed E-state index contributed by atoms with van der Waals surface area (Å²) < 4.78 is 0. The Bertz CT molecular complexity index is 396. The van der Waals surface area contributed by atoms with Crippen LogP contribution in [0.1, 0.15) is 25.7 Å². The lowest BCUT2D eigenvalue weighted by atomic mass is 10.1. The second-order valence-corrected chi connectivity index (χ2v) is 5.08. The van der Waals surface area contributed by atoms with Gasteiger partial charge in [0.1, 0.15) is 6.20 Å². The molecule has 1 aliphatic heterocycles. The molecule has 17 heavy (non-hydrogen) atoms. The van der Waals surface area contributed by atoms with Crippen molar-refractivity contribution in [2.45, 2.75) is 31.7 Å². The lowest BCUT2D eigenvalue weighted by molar-refractivity contribution is -0.380. The zero-order chi connectivity index (χ0) is 12.3. The topological polar surface area (TPSA) is 79.5 Å². The zero-order valence-corrected chi connectivity index (χ0v) is 10.2. The SMILES string of the molecule is O=[N+]([O-])c1cnc(N2CCCC2CCCO)s1. The second kappa shape index (κ2) is 5.42. The molecular weight excluding hydrogens is 242 g/mol. The van der Waals surface area contributed by atoms with Crippen molar-refractivity contribution in [3.63, 3.8) is 0 Å². The molecule has 1 aromatic rings. The molecule has 1 aromatic heterocycles. The van der Waals surface area contributed by atoms with Gasteiger partial charge in [-0.2, -0.15) is 0 Å². The highest BCUT2D eigenvalue weighted by atomic mass is 32.1. The molecule has 0 amide bonds.